The van der Waals surface area contributed by atoms with Gasteiger partial charge in [0.1, 0.15) is 0 Å². The summed E-state index contributed by atoms with van der Waals surface area (Å²) in [5, 5.41) is 21.3. The van der Waals surface area contributed by atoms with Crippen molar-refractivity contribution >= 4 is 12.0 Å². The number of aliphatic carboxylic acids is 1. The van der Waals surface area contributed by atoms with E-state index in [4.69, 9.17) is 5.11 Å². The van der Waals surface area contributed by atoms with Gasteiger partial charge in [0, 0.05) is 20.0 Å². The molecule has 104 valence electrons. The molecule has 0 spiro atoms. The van der Waals surface area contributed by atoms with E-state index in [0.29, 0.717) is 19.5 Å². The van der Waals surface area contributed by atoms with Gasteiger partial charge in [-0.05, 0) is 19.3 Å². The van der Waals surface area contributed by atoms with Crippen LogP contribution in [-0.2, 0) is 4.79 Å². The molecule has 0 aromatic heterocycles. The maximum atomic E-state index is 11.7. The van der Waals surface area contributed by atoms with Crippen molar-refractivity contribution in [1.82, 2.24) is 10.2 Å². The lowest BCUT2D eigenvalue weighted by molar-refractivity contribution is -0.137. The van der Waals surface area contributed by atoms with Crippen LogP contribution in [-0.4, -0.2) is 52.9 Å². The van der Waals surface area contributed by atoms with Gasteiger partial charge < -0.3 is 20.4 Å². The molecule has 18 heavy (non-hydrogen) atoms. The van der Waals surface area contributed by atoms with Gasteiger partial charge in [-0.3, -0.25) is 4.79 Å². The molecule has 0 atom stereocenters. The maximum Gasteiger partial charge on any atom is 0.317 e. The molecular weight excluding hydrogens is 236 g/mol. The molecule has 6 nitrogen and oxygen atoms in total. The van der Waals surface area contributed by atoms with Gasteiger partial charge in [0.2, 0.25) is 0 Å². The Labute approximate surface area is 107 Å². The molecule has 0 aromatic carbocycles. The minimum Gasteiger partial charge on any atom is -0.481 e. The number of hydrogen-bond acceptors (Lipinski definition) is 3. The van der Waals surface area contributed by atoms with Crippen LogP contribution in [0, 0.1) is 0 Å². The first-order valence-electron chi connectivity index (χ1n) is 6.36. The molecule has 1 aliphatic carbocycles. The highest BCUT2D eigenvalue weighted by atomic mass is 16.4. The van der Waals surface area contributed by atoms with Crippen molar-refractivity contribution < 1.29 is 19.8 Å². The smallest absolute Gasteiger partial charge is 0.317 e. The minimum absolute atomic E-state index is 0.0495. The molecule has 1 fully saturated rings. The van der Waals surface area contributed by atoms with E-state index in [2.05, 4.69) is 5.32 Å². The van der Waals surface area contributed by atoms with Crippen LogP contribution in [0.4, 0.5) is 4.79 Å². The Hall–Kier alpha value is -1.30. The van der Waals surface area contributed by atoms with Crippen LogP contribution in [0.2, 0.25) is 0 Å². The zero-order valence-electron chi connectivity index (χ0n) is 10.8. The SMILES string of the molecule is CN(CC1(O)CCCC1)C(=O)NCCCC(=O)O. The van der Waals surface area contributed by atoms with Crippen molar-refractivity contribution in [2.45, 2.75) is 44.1 Å². The summed E-state index contributed by atoms with van der Waals surface area (Å²) in [5.74, 6) is -0.863. The van der Waals surface area contributed by atoms with Crippen LogP contribution in [0.5, 0.6) is 0 Å². The van der Waals surface area contributed by atoms with Crippen molar-refractivity contribution in [3.63, 3.8) is 0 Å². The highest BCUT2D eigenvalue weighted by Gasteiger charge is 2.33. The fraction of sp³-hybridized carbons (Fsp3) is 0.833. The number of rotatable bonds is 6. The Morgan fingerprint density at radius 1 is 1.33 bits per heavy atom. The summed E-state index contributed by atoms with van der Waals surface area (Å²) < 4.78 is 0. The van der Waals surface area contributed by atoms with Crippen molar-refractivity contribution in [2.24, 2.45) is 0 Å². The summed E-state index contributed by atoms with van der Waals surface area (Å²) in [6, 6.07) is -0.263. The monoisotopic (exact) mass is 258 g/mol. The largest absolute Gasteiger partial charge is 0.481 e. The van der Waals surface area contributed by atoms with E-state index in [0.717, 1.165) is 25.7 Å². The molecule has 0 heterocycles. The predicted molar refractivity (Wildman–Crippen MR) is 66.3 cm³/mol. The van der Waals surface area contributed by atoms with Crippen LogP contribution < -0.4 is 5.32 Å². The van der Waals surface area contributed by atoms with E-state index < -0.39 is 11.6 Å². The molecule has 3 N–H and O–H groups in total. The molecule has 0 bridgehead atoms. The normalized spacial score (nSPS) is 17.4. The summed E-state index contributed by atoms with van der Waals surface area (Å²) >= 11 is 0. The molecule has 1 saturated carbocycles. The first-order chi connectivity index (χ1) is 8.43. The Bertz CT molecular complexity index is 300. The maximum absolute atomic E-state index is 11.7. The van der Waals surface area contributed by atoms with Crippen molar-refractivity contribution in [1.29, 1.82) is 0 Å². The average molecular weight is 258 g/mol. The summed E-state index contributed by atoms with van der Waals surface area (Å²) in [4.78, 5) is 23.4. The number of hydrogen-bond donors (Lipinski definition) is 3. The standard InChI is InChI=1S/C12H22N2O4/c1-14(9-12(18)6-2-3-7-12)11(17)13-8-4-5-10(15)16/h18H,2-9H2,1H3,(H,13,17)(H,15,16). The average Bonchev–Trinajstić information content (AvgIpc) is 2.70. The van der Waals surface area contributed by atoms with E-state index in [1.54, 1.807) is 7.05 Å². The summed E-state index contributed by atoms with van der Waals surface area (Å²) in [7, 11) is 1.64. The lowest BCUT2D eigenvalue weighted by Gasteiger charge is -2.28. The third kappa shape index (κ3) is 4.91. The topological polar surface area (TPSA) is 89.9 Å². The minimum atomic E-state index is -0.863. The Kier molecular flexibility index (Phi) is 5.40. The number of carbonyl (C=O) groups is 2. The van der Waals surface area contributed by atoms with E-state index in [1.165, 1.54) is 4.90 Å². The highest BCUT2D eigenvalue weighted by molar-refractivity contribution is 5.74. The second kappa shape index (κ2) is 6.58. The molecule has 0 saturated heterocycles. The number of nitrogens with one attached hydrogen (secondary N) is 1. The molecular formula is C12H22N2O4. The molecule has 1 rings (SSSR count). The third-order valence-corrected chi connectivity index (χ3v) is 3.26. The molecule has 2 amide bonds. The predicted octanol–water partition coefficient (Wildman–Crippen LogP) is 0.798. The molecule has 0 unspecified atom stereocenters. The van der Waals surface area contributed by atoms with Gasteiger partial charge in [0.15, 0.2) is 0 Å². The van der Waals surface area contributed by atoms with Gasteiger partial charge in [-0.25, -0.2) is 4.79 Å². The second-order valence-corrected chi connectivity index (χ2v) is 5.02. The van der Waals surface area contributed by atoms with E-state index in [1.807, 2.05) is 0 Å². The van der Waals surface area contributed by atoms with Gasteiger partial charge in [0.25, 0.3) is 0 Å². The van der Waals surface area contributed by atoms with Crippen LogP contribution in [0.3, 0.4) is 0 Å². The number of urea groups is 1. The number of carbonyl (C=O) groups excluding carboxylic acids is 1. The number of likely N-dealkylation sites (N-methyl/N-ethyl adjacent to an activating group) is 1. The number of aliphatic hydroxyl groups is 1. The van der Waals surface area contributed by atoms with Gasteiger partial charge in [-0.2, -0.15) is 0 Å². The molecule has 0 radical (unpaired) electrons. The van der Waals surface area contributed by atoms with Gasteiger partial charge in [0.05, 0.1) is 12.1 Å². The van der Waals surface area contributed by atoms with Crippen LogP contribution in [0.1, 0.15) is 38.5 Å². The first-order valence-corrected chi connectivity index (χ1v) is 6.36. The van der Waals surface area contributed by atoms with Gasteiger partial charge in [-0.1, -0.05) is 12.8 Å². The third-order valence-electron chi connectivity index (χ3n) is 3.26. The zero-order chi connectivity index (χ0) is 13.6. The fourth-order valence-electron chi connectivity index (χ4n) is 2.27. The fourth-order valence-corrected chi connectivity index (χ4v) is 2.27. The Balaban J connectivity index is 2.22. The number of amides is 2. The van der Waals surface area contributed by atoms with E-state index in [-0.39, 0.29) is 12.5 Å². The quantitative estimate of drug-likeness (QED) is 0.615. The van der Waals surface area contributed by atoms with Crippen molar-refractivity contribution in [3.05, 3.63) is 0 Å². The van der Waals surface area contributed by atoms with Crippen molar-refractivity contribution in [3.8, 4) is 0 Å². The first kappa shape index (κ1) is 14.8. The molecule has 6 heteroatoms. The zero-order valence-corrected chi connectivity index (χ0v) is 10.8. The van der Waals surface area contributed by atoms with E-state index in [9.17, 15) is 14.7 Å². The van der Waals surface area contributed by atoms with Crippen LogP contribution in [0.25, 0.3) is 0 Å². The summed E-state index contributed by atoms with van der Waals surface area (Å²) in [6.45, 7) is 0.672. The summed E-state index contributed by atoms with van der Waals surface area (Å²) in [5.41, 5.74) is -0.743. The Morgan fingerprint density at radius 2 is 1.94 bits per heavy atom. The number of carboxylic acid groups (broad SMARTS) is 1. The second-order valence-electron chi connectivity index (χ2n) is 5.02. The van der Waals surface area contributed by atoms with Crippen LogP contribution in [0.15, 0.2) is 0 Å². The molecule has 0 aromatic rings. The number of nitrogens with zero attached hydrogens (tertiary/aromatic N) is 1. The van der Waals surface area contributed by atoms with E-state index >= 15 is 0 Å². The lowest BCUT2D eigenvalue weighted by Crippen LogP contribution is -2.46. The summed E-state index contributed by atoms with van der Waals surface area (Å²) in [6.07, 6.45) is 3.95. The Morgan fingerprint density at radius 3 is 2.50 bits per heavy atom. The molecule has 1 aliphatic rings. The lowest BCUT2D eigenvalue weighted by atomic mass is 10.0. The van der Waals surface area contributed by atoms with Gasteiger partial charge in [-0.15, -0.1) is 0 Å². The van der Waals surface area contributed by atoms with Crippen molar-refractivity contribution in [2.75, 3.05) is 20.1 Å². The van der Waals surface area contributed by atoms with Gasteiger partial charge >= 0.3 is 12.0 Å². The molecule has 0 aliphatic heterocycles. The van der Waals surface area contributed by atoms with Crippen LogP contribution >= 0.6 is 0 Å². The highest BCUT2D eigenvalue weighted by Crippen LogP contribution is 2.29. The number of carboxylic acids is 1.